The van der Waals surface area contributed by atoms with Gasteiger partial charge in [0.1, 0.15) is 12.4 Å². The van der Waals surface area contributed by atoms with Crippen molar-refractivity contribution in [2.45, 2.75) is 93.5 Å². The van der Waals surface area contributed by atoms with Gasteiger partial charge in [0.25, 0.3) is 0 Å². The van der Waals surface area contributed by atoms with E-state index in [2.05, 4.69) is 145 Å². The maximum Gasteiger partial charge on any atom is 0.205 e. The summed E-state index contributed by atoms with van der Waals surface area (Å²) in [5.74, 6) is 0.863. The molecule has 0 saturated heterocycles. The highest BCUT2D eigenvalue weighted by molar-refractivity contribution is 9.10. The Morgan fingerprint density at radius 3 is 1.88 bits per heavy atom. The molecule has 0 bridgehead atoms. The first-order chi connectivity index (χ1) is 18.6. The number of hydrogen-bond acceptors (Lipinski definition) is 3. The molecule has 0 saturated carbocycles. The first-order valence-electron chi connectivity index (χ1n) is 14.1. The molecule has 40 heavy (non-hydrogen) atoms. The van der Waals surface area contributed by atoms with E-state index in [1.165, 1.54) is 22.3 Å². The molecular weight excluding hydrogens is 592 g/mol. The zero-order chi connectivity index (χ0) is 29.8. The van der Waals surface area contributed by atoms with Crippen molar-refractivity contribution in [3.8, 4) is 16.9 Å². The second-order valence-electron chi connectivity index (χ2n) is 13.3. The van der Waals surface area contributed by atoms with Gasteiger partial charge in [-0.15, -0.1) is 0 Å². The van der Waals surface area contributed by atoms with Crippen LogP contribution in [0, 0.1) is 17.8 Å². The topological polar surface area (TPSA) is 27.7 Å². The third-order valence-electron chi connectivity index (χ3n) is 6.74. The average molecular weight is 640 g/mol. The minimum atomic E-state index is -0.935. The van der Waals surface area contributed by atoms with E-state index in [1.54, 1.807) is 0 Å². The quantitative estimate of drug-likeness (QED) is 0.207. The summed E-state index contributed by atoms with van der Waals surface area (Å²) >= 11 is 3.57. The van der Waals surface area contributed by atoms with E-state index in [4.69, 9.17) is 13.6 Å². The summed E-state index contributed by atoms with van der Waals surface area (Å²) in [4.78, 5) is 0. The van der Waals surface area contributed by atoms with Crippen LogP contribution in [0.4, 0.5) is 0 Å². The summed E-state index contributed by atoms with van der Waals surface area (Å²) in [7, 11) is -1.85. The SMILES string of the molecule is Cc1cc(Br)ccc1-c1cccc(OCc2ccc(C(O[Si](C)C)C(C)(C)C)c(C(O[Si](C)C)C(C)(C)C)c2)c1. The van der Waals surface area contributed by atoms with Crippen LogP contribution in [0.2, 0.25) is 26.2 Å². The molecule has 3 aromatic rings. The Hall–Kier alpha value is -1.71. The smallest absolute Gasteiger partial charge is 0.205 e. The molecule has 0 aliphatic rings. The lowest BCUT2D eigenvalue weighted by molar-refractivity contribution is 0.0655. The first kappa shape index (κ1) is 32.8. The van der Waals surface area contributed by atoms with Crippen LogP contribution in [0.25, 0.3) is 11.1 Å². The molecule has 0 spiro atoms. The average Bonchev–Trinajstić information content (AvgIpc) is 2.83. The van der Waals surface area contributed by atoms with Crippen molar-refractivity contribution in [1.82, 2.24) is 0 Å². The van der Waals surface area contributed by atoms with Crippen molar-refractivity contribution >= 4 is 34.0 Å². The van der Waals surface area contributed by atoms with Crippen LogP contribution in [0.3, 0.4) is 0 Å². The van der Waals surface area contributed by atoms with Gasteiger partial charge in [-0.05, 0) is 108 Å². The lowest BCUT2D eigenvalue weighted by Crippen LogP contribution is -2.31. The number of benzene rings is 3. The van der Waals surface area contributed by atoms with Gasteiger partial charge in [-0.3, -0.25) is 0 Å². The van der Waals surface area contributed by atoms with Gasteiger partial charge in [0.2, 0.25) is 18.1 Å². The Balaban J connectivity index is 2.00. The molecule has 2 radical (unpaired) electrons. The molecule has 0 fully saturated rings. The highest BCUT2D eigenvalue weighted by Crippen LogP contribution is 2.45. The normalized spacial score (nSPS) is 14.1. The Kier molecular flexibility index (Phi) is 11.1. The molecule has 2 unspecified atom stereocenters. The van der Waals surface area contributed by atoms with Crippen LogP contribution in [-0.2, 0) is 15.5 Å². The Morgan fingerprint density at radius 2 is 1.32 bits per heavy atom. The highest BCUT2D eigenvalue weighted by atomic mass is 79.9. The van der Waals surface area contributed by atoms with Gasteiger partial charge in [-0.2, -0.15) is 0 Å². The second kappa shape index (κ2) is 13.5. The van der Waals surface area contributed by atoms with Crippen LogP contribution >= 0.6 is 15.9 Å². The number of hydrogen-bond donors (Lipinski definition) is 0. The van der Waals surface area contributed by atoms with E-state index in [1.807, 2.05) is 6.07 Å². The fraction of sp³-hybridized carbons (Fsp3) is 0.471. The molecule has 0 amide bonds. The van der Waals surface area contributed by atoms with Gasteiger partial charge in [-0.25, -0.2) is 0 Å². The maximum atomic E-state index is 6.72. The zero-order valence-electron chi connectivity index (χ0n) is 26.2. The van der Waals surface area contributed by atoms with Crippen LogP contribution in [0.1, 0.15) is 76.0 Å². The highest BCUT2D eigenvalue weighted by Gasteiger charge is 2.36. The van der Waals surface area contributed by atoms with Crippen molar-refractivity contribution in [2.24, 2.45) is 10.8 Å². The molecule has 3 nitrogen and oxygen atoms in total. The summed E-state index contributed by atoms with van der Waals surface area (Å²) in [6.07, 6.45) is -0.0436. The monoisotopic (exact) mass is 638 g/mol. The predicted molar refractivity (Wildman–Crippen MR) is 177 cm³/mol. The van der Waals surface area contributed by atoms with Crippen molar-refractivity contribution in [3.63, 3.8) is 0 Å². The van der Waals surface area contributed by atoms with Crippen molar-refractivity contribution in [3.05, 3.63) is 87.4 Å². The second-order valence-corrected chi connectivity index (χ2v) is 18.3. The van der Waals surface area contributed by atoms with Gasteiger partial charge in [-0.1, -0.05) is 87.8 Å². The van der Waals surface area contributed by atoms with E-state index < -0.39 is 18.1 Å². The Morgan fingerprint density at radius 1 is 0.725 bits per heavy atom. The van der Waals surface area contributed by atoms with Gasteiger partial charge in [0.05, 0.1) is 12.2 Å². The summed E-state index contributed by atoms with van der Waals surface area (Å²) in [5, 5.41) is 0. The fourth-order valence-corrected chi connectivity index (χ4v) is 7.32. The van der Waals surface area contributed by atoms with Crippen LogP contribution in [0.15, 0.2) is 65.1 Å². The summed E-state index contributed by atoms with van der Waals surface area (Å²) in [6, 6.07) is 21.5. The van der Waals surface area contributed by atoms with Crippen molar-refractivity contribution in [1.29, 1.82) is 0 Å². The van der Waals surface area contributed by atoms with E-state index in [0.29, 0.717) is 6.61 Å². The van der Waals surface area contributed by atoms with Crippen molar-refractivity contribution < 1.29 is 13.6 Å². The van der Waals surface area contributed by atoms with Crippen molar-refractivity contribution in [2.75, 3.05) is 0 Å². The summed E-state index contributed by atoms with van der Waals surface area (Å²) in [6.45, 7) is 25.1. The van der Waals surface area contributed by atoms with Gasteiger partial charge < -0.3 is 13.6 Å². The number of halogens is 1. The van der Waals surface area contributed by atoms with Gasteiger partial charge in [0.15, 0.2) is 0 Å². The van der Waals surface area contributed by atoms with E-state index in [9.17, 15) is 0 Å². The lowest BCUT2D eigenvalue weighted by atomic mass is 9.77. The zero-order valence-corrected chi connectivity index (χ0v) is 29.8. The lowest BCUT2D eigenvalue weighted by Gasteiger charge is -2.39. The molecule has 3 aromatic carbocycles. The minimum absolute atomic E-state index is 0.00924. The molecular formula is C34H47BrO3Si2. The van der Waals surface area contributed by atoms with E-state index >= 15 is 0 Å². The standard InChI is InChI=1S/C34H47BrO3Si2/c1-23-19-26(35)16-18-28(23)25-13-12-14-27(21-25)36-22-24-15-17-29(31(33(2,3)4)37-39(8)9)30(20-24)32(34(5,6)7)38-40(10)11/h12-21,31-32H,22H2,1-11H3. The van der Waals surface area contributed by atoms with Gasteiger partial charge >= 0.3 is 0 Å². The van der Waals surface area contributed by atoms with Gasteiger partial charge in [0, 0.05) is 4.47 Å². The molecule has 0 heterocycles. The fourth-order valence-electron chi connectivity index (χ4n) is 4.94. The molecule has 216 valence electrons. The summed E-state index contributed by atoms with van der Waals surface area (Å²) < 4.78 is 20.9. The molecule has 0 aromatic heterocycles. The van der Waals surface area contributed by atoms with E-state index in [-0.39, 0.29) is 23.0 Å². The number of rotatable bonds is 10. The molecule has 0 aliphatic heterocycles. The van der Waals surface area contributed by atoms with Crippen LogP contribution in [-0.4, -0.2) is 18.1 Å². The summed E-state index contributed by atoms with van der Waals surface area (Å²) in [5.41, 5.74) is 7.07. The molecule has 0 N–H and O–H groups in total. The van der Waals surface area contributed by atoms with E-state index in [0.717, 1.165) is 21.3 Å². The molecule has 6 heteroatoms. The largest absolute Gasteiger partial charge is 0.489 e. The third kappa shape index (κ3) is 8.89. The predicted octanol–water partition coefficient (Wildman–Crippen LogP) is 10.7. The van der Waals surface area contributed by atoms with Crippen LogP contribution in [0.5, 0.6) is 5.75 Å². The Labute approximate surface area is 255 Å². The molecule has 3 rings (SSSR count). The number of ether oxygens (including phenoxy) is 1. The number of aryl methyl sites for hydroxylation is 1. The molecule has 0 aliphatic carbocycles. The van der Waals surface area contributed by atoms with Crippen LogP contribution < -0.4 is 4.74 Å². The third-order valence-corrected chi connectivity index (χ3v) is 8.64. The maximum absolute atomic E-state index is 6.72. The minimum Gasteiger partial charge on any atom is -0.489 e. The molecule has 2 atom stereocenters. The Bertz CT molecular complexity index is 1270. The first-order valence-corrected chi connectivity index (χ1v) is 19.7.